The average molecular weight is 324 g/mol. The van der Waals surface area contributed by atoms with Crippen molar-refractivity contribution in [1.29, 1.82) is 0 Å². The first-order valence-corrected chi connectivity index (χ1v) is 7.37. The number of nitrogens with one attached hydrogen (secondary N) is 1. The molecule has 0 bridgehead atoms. The fourth-order valence-electron chi connectivity index (χ4n) is 2.31. The van der Waals surface area contributed by atoms with E-state index in [0.717, 1.165) is 0 Å². The van der Waals surface area contributed by atoms with Gasteiger partial charge in [-0.3, -0.25) is 14.2 Å². The number of hydrogen-bond donors (Lipinski definition) is 1. The van der Waals surface area contributed by atoms with Crippen LogP contribution in [-0.4, -0.2) is 27.6 Å². The Morgan fingerprint density at radius 3 is 2.71 bits per heavy atom. The van der Waals surface area contributed by atoms with Gasteiger partial charge in [0.05, 0.1) is 36.2 Å². The van der Waals surface area contributed by atoms with E-state index < -0.39 is 6.04 Å². The second kappa shape index (κ2) is 6.49. The first-order valence-electron chi connectivity index (χ1n) is 7.37. The molecule has 1 atom stereocenters. The van der Waals surface area contributed by atoms with Crippen LogP contribution in [0.15, 0.2) is 53.7 Å². The van der Waals surface area contributed by atoms with Crippen LogP contribution in [0, 0.1) is 0 Å². The number of rotatable bonds is 4. The average Bonchev–Trinajstić information content (AvgIpc) is 2.62. The summed E-state index contributed by atoms with van der Waals surface area (Å²) in [6.45, 7) is 1.64. The maximum absolute atomic E-state index is 12.5. The van der Waals surface area contributed by atoms with E-state index in [2.05, 4.69) is 15.3 Å². The number of nitrogens with zero attached hydrogens (tertiary/aromatic N) is 3. The van der Waals surface area contributed by atoms with E-state index in [4.69, 9.17) is 4.74 Å². The first-order chi connectivity index (χ1) is 11.6. The van der Waals surface area contributed by atoms with Gasteiger partial charge in [0.25, 0.3) is 5.56 Å². The number of aromatic nitrogens is 3. The standard InChI is InChI=1S/C17H16N4O3/c1-11(16(22)20-12-7-8-15(24-2)18-9-12)21-10-19-14-6-4-3-5-13(14)17(21)23/h3-11H,1-2H3,(H,20,22)/t11-/m1/s1. The molecule has 0 spiro atoms. The molecule has 3 aromatic rings. The number of anilines is 1. The van der Waals surface area contributed by atoms with Crippen molar-refractivity contribution in [3.05, 3.63) is 59.3 Å². The minimum atomic E-state index is -0.711. The molecule has 3 rings (SSSR count). The van der Waals surface area contributed by atoms with Crippen LogP contribution in [0.25, 0.3) is 10.9 Å². The number of amides is 1. The van der Waals surface area contributed by atoms with Gasteiger partial charge < -0.3 is 10.1 Å². The second-order valence-electron chi connectivity index (χ2n) is 5.23. The van der Waals surface area contributed by atoms with Crippen molar-refractivity contribution in [2.45, 2.75) is 13.0 Å². The number of methoxy groups -OCH3 is 1. The smallest absolute Gasteiger partial charge is 0.261 e. The second-order valence-corrected chi connectivity index (χ2v) is 5.23. The molecule has 0 aliphatic carbocycles. The van der Waals surface area contributed by atoms with E-state index in [-0.39, 0.29) is 11.5 Å². The molecule has 0 aliphatic rings. The summed E-state index contributed by atoms with van der Waals surface area (Å²) in [7, 11) is 1.52. The van der Waals surface area contributed by atoms with Crippen LogP contribution in [-0.2, 0) is 4.79 Å². The van der Waals surface area contributed by atoms with Crippen molar-refractivity contribution in [1.82, 2.24) is 14.5 Å². The minimum Gasteiger partial charge on any atom is -0.481 e. The highest BCUT2D eigenvalue weighted by atomic mass is 16.5. The van der Waals surface area contributed by atoms with Crippen molar-refractivity contribution < 1.29 is 9.53 Å². The van der Waals surface area contributed by atoms with E-state index >= 15 is 0 Å². The maximum atomic E-state index is 12.5. The third-order valence-electron chi connectivity index (χ3n) is 3.70. The van der Waals surface area contributed by atoms with E-state index in [1.54, 1.807) is 37.3 Å². The van der Waals surface area contributed by atoms with Crippen LogP contribution >= 0.6 is 0 Å². The number of pyridine rings is 1. The maximum Gasteiger partial charge on any atom is 0.261 e. The van der Waals surface area contributed by atoms with E-state index in [1.165, 1.54) is 24.2 Å². The molecule has 0 fully saturated rings. The summed E-state index contributed by atoms with van der Waals surface area (Å²) in [6.07, 6.45) is 2.88. The topological polar surface area (TPSA) is 86.1 Å². The molecule has 0 unspecified atom stereocenters. The fraction of sp³-hybridized carbons (Fsp3) is 0.176. The zero-order valence-corrected chi connectivity index (χ0v) is 13.3. The molecule has 0 saturated heterocycles. The van der Waals surface area contributed by atoms with Crippen LogP contribution in [0.3, 0.4) is 0 Å². The van der Waals surface area contributed by atoms with E-state index in [9.17, 15) is 9.59 Å². The van der Waals surface area contributed by atoms with Gasteiger partial charge in [-0.2, -0.15) is 0 Å². The van der Waals surface area contributed by atoms with Crippen LogP contribution in [0.1, 0.15) is 13.0 Å². The lowest BCUT2D eigenvalue weighted by molar-refractivity contribution is -0.118. The van der Waals surface area contributed by atoms with Gasteiger partial charge in [-0.25, -0.2) is 9.97 Å². The lowest BCUT2D eigenvalue weighted by atomic mass is 10.2. The van der Waals surface area contributed by atoms with E-state index in [1.807, 2.05) is 6.07 Å². The molecule has 24 heavy (non-hydrogen) atoms. The summed E-state index contributed by atoms with van der Waals surface area (Å²) in [5, 5.41) is 3.20. The van der Waals surface area contributed by atoms with Gasteiger partial charge in [0, 0.05) is 6.07 Å². The van der Waals surface area contributed by atoms with Crippen molar-refractivity contribution >= 4 is 22.5 Å². The van der Waals surface area contributed by atoms with Gasteiger partial charge in [-0.05, 0) is 25.1 Å². The highest BCUT2D eigenvalue weighted by Gasteiger charge is 2.17. The van der Waals surface area contributed by atoms with Gasteiger partial charge in [-0.15, -0.1) is 0 Å². The van der Waals surface area contributed by atoms with Crippen LogP contribution in [0.2, 0.25) is 0 Å². The number of benzene rings is 1. The van der Waals surface area contributed by atoms with Gasteiger partial charge in [0.2, 0.25) is 11.8 Å². The molecule has 0 aliphatic heterocycles. The molecule has 7 nitrogen and oxygen atoms in total. The van der Waals surface area contributed by atoms with Crippen LogP contribution in [0.5, 0.6) is 5.88 Å². The molecule has 1 aromatic carbocycles. The van der Waals surface area contributed by atoms with Gasteiger partial charge in [0.15, 0.2) is 0 Å². The summed E-state index contributed by atoms with van der Waals surface area (Å²) < 4.78 is 6.28. The summed E-state index contributed by atoms with van der Waals surface area (Å²) in [4.78, 5) is 33.2. The Hall–Kier alpha value is -3.22. The summed E-state index contributed by atoms with van der Waals surface area (Å²) >= 11 is 0. The Balaban J connectivity index is 1.85. The Morgan fingerprint density at radius 2 is 2.00 bits per heavy atom. The third-order valence-corrected chi connectivity index (χ3v) is 3.70. The summed E-state index contributed by atoms with van der Waals surface area (Å²) in [6, 6.07) is 9.64. The Labute approximate surface area is 137 Å². The number of carbonyl (C=O) groups is 1. The molecular formula is C17H16N4O3. The molecule has 1 amide bonds. The number of hydrogen-bond acceptors (Lipinski definition) is 5. The molecule has 2 heterocycles. The number of ether oxygens (including phenoxy) is 1. The summed E-state index contributed by atoms with van der Waals surface area (Å²) in [5.41, 5.74) is 0.872. The molecular weight excluding hydrogens is 308 g/mol. The van der Waals surface area contributed by atoms with Crippen molar-refractivity contribution in [3.8, 4) is 5.88 Å². The Bertz CT molecular complexity index is 934. The largest absolute Gasteiger partial charge is 0.481 e. The van der Waals surface area contributed by atoms with Crippen molar-refractivity contribution in [2.75, 3.05) is 12.4 Å². The van der Waals surface area contributed by atoms with Gasteiger partial charge in [0.1, 0.15) is 6.04 Å². The van der Waals surface area contributed by atoms with Crippen molar-refractivity contribution in [3.63, 3.8) is 0 Å². The fourth-order valence-corrected chi connectivity index (χ4v) is 2.31. The molecule has 2 aromatic heterocycles. The van der Waals surface area contributed by atoms with Crippen LogP contribution in [0.4, 0.5) is 5.69 Å². The zero-order valence-electron chi connectivity index (χ0n) is 13.3. The first kappa shape index (κ1) is 15.7. The lowest BCUT2D eigenvalue weighted by Crippen LogP contribution is -2.31. The van der Waals surface area contributed by atoms with Gasteiger partial charge >= 0.3 is 0 Å². The normalized spacial score (nSPS) is 11.9. The predicted octanol–water partition coefficient (Wildman–Crippen LogP) is 2.00. The Kier molecular flexibility index (Phi) is 4.24. The van der Waals surface area contributed by atoms with Crippen molar-refractivity contribution in [2.24, 2.45) is 0 Å². The zero-order chi connectivity index (χ0) is 17.1. The molecule has 122 valence electrons. The SMILES string of the molecule is COc1ccc(NC(=O)[C@@H](C)n2cnc3ccccc3c2=O)cn1. The minimum absolute atomic E-state index is 0.254. The third kappa shape index (κ3) is 2.96. The van der Waals surface area contributed by atoms with Gasteiger partial charge in [-0.1, -0.05) is 12.1 Å². The number of carbonyl (C=O) groups excluding carboxylic acids is 1. The van der Waals surface area contributed by atoms with Crippen LogP contribution < -0.4 is 15.6 Å². The highest BCUT2D eigenvalue weighted by Crippen LogP contribution is 2.14. The quantitative estimate of drug-likeness (QED) is 0.793. The number of para-hydroxylation sites is 1. The molecule has 7 heteroatoms. The molecule has 0 saturated carbocycles. The summed E-state index contributed by atoms with van der Waals surface area (Å²) in [5.74, 6) is 0.122. The highest BCUT2D eigenvalue weighted by molar-refractivity contribution is 5.93. The Morgan fingerprint density at radius 1 is 1.21 bits per heavy atom. The van der Waals surface area contributed by atoms with E-state index in [0.29, 0.717) is 22.5 Å². The molecule has 1 N–H and O–H groups in total. The number of fused-ring (bicyclic) bond motifs is 1. The lowest BCUT2D eigenvalue weighted by Gasteiger charge is -2.15. The predicted molar refractivity (Wildman–Crippen MR) is 90.1 cm³/mol. The monoisotopic (exact) mass is 324 g/mol. The molecule has 0 radical (unpaired) electrons.